The molecule has 2 rings (SSSR count). The van der Waals surface area contributed by atoms with Gasteiger partial charge in [-0.3, -0.25) is 9.10 Å². The number of nitrogens with zero attached hydrogens (tertiary/aromatic N) is 1. The number of rotatable bonds is 7. The molecule has 0 heterocycles. The Morgan fingerprint density at radius 3 is 2.32 bits per heavy atom. The largest absolute Gasteiger partial charge is 0.497 e. The Labute approximate surface area is 167 Å². The molecule has 0 aromatic heterocycles. The van der Waals surface area contributed by atoms with Crippen molar-refractivity contribution >= 4 is 21.6 Å². The lowest BCUT2D eigenvalue weighted by Gasteiger charge is -2.29. The lowest BCUT2D eigenvalue weighted by atomic mass is 10.0. The van der Waals surface area contributed by atoms with Gasteiger partial charge in [-0.2, -0.15) is 0 Å². The number of hydrogen-bond donors (Lipinski definition) is 1. The summed E-state index contributed by atoms with van der Waals surface area (Å²) in [5.74, 6) is 0.140. The van der Waals surface area contributed by atoms with Gasteiger partial charge in [0.05, 0.1) is 25.1 Å². The highest BCUT2D eigenvalue weighted by Gasteiger charge is 2.30. The van der Waals surface area contributed by atoms with E-state index >= 15 is 0 Å². The molecule has 152 valence electrons. The third-order valence-electron chi connectivity index (χ3n) is 4.79. The number of hydrogen-bond acceptors (Lipinski definition) is 4. The van der Waals surface area contributed by atoms with Crippen LogP contribution in [-0.2, 0) is 14.8 Å². The number of carbonyl (C=O) groups excluding carboxylic acids is 1. The van der Waals surface area contributed by atoms with Gasteiger partial charge in [0.15, 0.2) is 0 Å². The normalized spacial score (nSPS) is 13.5. The molecule has 0 radical (unpaired) electrons. The van der Waals surface area contributed by atoms with Crippen LogP contribution in [0.1, 0.15) is 36.6 Å². The minimum absolute atomic E-state index is 0.249. The van der Waals surface area contributed by atoms with E-state index in [1.807, 2.05) is 39.0 Å². The van der Waals surface area contributed by atoms with Gasteiger partial charge in [-0.05, 0) is 56.5 Å². The minimum Gasteiger partial charge on any atom is -0.497 e. The average Bonchev–Trinajstić information content (AvgIpc) is 2.62. The molecule has 2 aromatic carbocycles. The zero-order valence-corrected chi connectivity index (χ0v) is 18.0. The van der Waals surface area contributed by atoms with E-state index in [9.17, 15) is 13.2 Å². The van der Waals surface area contributed by atoms with E-state index in [1.54, 1.807) is 31.2 Å². The first-order chi connectivity index (χ1) is 13.0. The molecule has 2 aromatic rings. The van der Waals surface area contributed by atoms with Crippen molar-refractivity contribution in [2.45, 2.75) is 39.8 Å². The van der Waals surface area contributed by atoms with Gasteiger partial charge >= 0.3 is 0 Å². The summed E-state index contributed by atoms with van der Waals surface area (Å²) in [5, 5.41) is 2.92. The van der Waals surface area contributed by atoms with E-state index < -0.39 is 16.1 Å². The summed E-state index contributed by atoms with van der Waals surface area (Å²) in [6, 6.07) is 11.5. The van der Waals surface area contributed by atoms with E-state index in [0.29, 0.717) is 11.4 Å². The maximum atomic E-state index is 12.8. The quantitative estimate of drug-likeness (QED) is 0.768. The van der Waals surface area contributed by atoms with Crippen molar-refractivity contribution in [1.82, 2.24) is 5.32 Å². The first-order valence-corrected chi connectivity index (χ1v) is 10.9. The maximum Gasteiger partial charge on any atom is 0.244 e. The number of amides is 1. The van der Waals surface area contributed by atoms with Gasteiger partial charge in [0.25, 0.3) is 0 Å². The van der Waals surface area contributed by atoms with Crippen molar-refractivity contribution in [2.75, 3.05) is 17.7 Å². The van der Waals surface area contributed by atoms with Crippen molar-refractivity contribution in [3.63, 3.8) is 0 Å². The summed E-state index contributed by atoms with van der Waals surface area (Å²) in [6.45, 7) is 7.50. The molecule has 0 aliphatic rings. The number of methoxy groups -OCH3 is 1. The third kappa shape index (κ3) is 5.04. The van der Waals surface area contributed by atoms with Crippen molar-refractivity contribution in [3.8, 4) is 5.75 Å². The Bertz CT molecular complexity index is 957. The fourth-order valence-corrected chi connectivity index (χ4v) is 4.17. The molecule has 0 saturated carbocycles. The van der Waals surface area contributed by atoms with Crippen LogP contribution < -0.4 is 14.4 Å². The number of nitrogens with one attached hydrogen (secondary N) is 1. The molecule has 1 amide bonds. The molecule has 0 bridgehead atoms. The van der Waals surface area contributed by atoms with Gasteiger partial charge in [0.1, 0.15) is 11.8 Å². The standard InChI is InChI=1S/C21H28N2O4S/c1-14-10-11-18(12-15(14)2)16(3)22-21(24)17(4)23(28(6,25)26)19-8-7-9-20(13-19)27-5/h7-13,16-17H,1-6H3,(H,22,24)/t16-,17-/m0/s1. The number of benzene rings is 2. The monoisotopic (exact) mass is 404 g/mol. The predicted octanol–water partition coefficient (Wildman–Crippen LogP) is 3.34. The number of aryl methyl sites for hydroxylation is 2. The zero-order valence-electron chi connectivity index (χ0n) is 17.2. The Hall–Kier alpha value is -2.54. The molecule has 0 fully saturated rings. The van der Waals surface area contributed by atoms with Crippen LogP contribution in [0.2, 0.25) is 0 Å². The summed E-state index contributed by atoms with van der Waals surface area (Å²) in [6.07, 6.45) is 1.09. The summed E-state index contributed by atoms with van der Waals surface area (Å²) in [4.78, 5) is 12.8. The molecule has 1 N–H and O–H groups in total. The molecule has 0 spiro atoms. The van der Waals surface area contributed by atoms with Crippen LogP contribution >= 0.6 is 0 Å². The van der Waals surface area contributed by atoms with Gasteiger partial charge < -0.3 is 10.1 Å². The summed E-state index contributed by atoms with van der Waals surface area (Å²) < 4.78 is 31.1. The second-order valence-electron chi connectivity index (χ2n) is 7.01. The molecule has 0 unspecified atom stereocenters. The van der Waals surface area contributed by atoms with E-state index in [0.717, 1.165) is 21.7 Å². The first kappa shape index (κ1) is 21.8. The van der Waals surface area contributed by atoms with Gasteiger partial charge in [0, 0.05) is 6.07 Å². The molecular weight excluding hydrogens is 376 g/mol. The van der Waals surface area contributed by atoms with E-state index in [1.165, 1.54) is 12.7 Å². The van der Waals surface area contributed by atoms with Crippen LogP contribution in [0.4, 0.5) is 5.69 Å². The minimum atomic E-state index is -3.68. The topological polar surface area (TPSA) is 75.7 Å². The lowest BCUT2D eigenvalue weighted by molar-refractivity contribution is -0.122. The molecule has 0 saturated heterocycles. The first-order valence-electron chi connectivity index (χ1n) is 9.05. The Morgan fingerprint density at radius 2 is 1.75 bits per heavy atom. The second kappa shape index (κ2) is 8.65. The lowest BCUT2D eigenvalue weighted by Crippen LogP contribution is -2.48. The van der Waals surface area contributed by atoms with Crippen LogP contribution in [0.5, 0.6) is 5.75 Å². The molecule has 0 aliphatic heterocycles. The number of sulfonamides is 1. The SMILES string of the molecule is COc1cccc(N([C@@H](C)C(=O)N[C@@H](C)c2ccc(C)c(C)c2)S(C)(=O)=O)c1. The van der Waals surface area contributed by atoms with Gasteiger partial charge in [0.2, 0.25) is 15.9 Å². The van der Waals surface area contributed by atoms with E-state index in [-0.39, 0.29) is 11.9 Å². The Balaban J connectivity index is 2.27. The maximum absolute atomic E-state index is 12.8. The Kier molecular flexibility index (Phi) is 6.72. The zero-order chi connectivity index (χ0) is 21.1. The predicted molar refractivity (Wildman–Crippen MR) is 112 cm³/mol. The van der Waals surface area contributed by atoms with E-state index in [4.69, 9.17) is 4.74 Å². The summed E-state index contributed by atoms with van der Waals surface area (Å²) in [5.41, 5.74) is 3.66. The van der Waals surface area contributed by atoms with Crippen LogP contribution in [0.15, 0.2) is 42.5 Å². The Morgan fingerprint density at radius 1 is 1.07 bits per heavy atom. The van der Waals surface area contributed by atoms with Crippen molar-refractivity contribution in [3.05, 3.63) is 59.2 Å². The molecule has 2 atom stereocenters. The molecule has 6 nitrogen and oxygen atoms in total. The van der Waals surface area contributed by atoms with Gasteiger partial charge in [-0.15, -0.1) is 0 Å². The smallest absolute Gasteiger partial charge is 0.244 e. The van der Waals surface area contributed by atoms with E-state index in [2.05, 4.69) is 5.32 Å². The third-order valence-corrected chi connectivity index (χ3v) is 6.03. The van der Waals surface area contributed by atoms with Gasteiger partial charge in [-0.1, -0.05) is 24.3 Å². The van der Waals surface area contributed by atoms with Crippen molar-refractivity contribution in [2.24, 2.45) is 0 Å². The fourth-order valence-electron chi connectivity index (χ4n) is 3.01. The number of ether oxygens (including phenoxy) is 1. The van der Waals surface area contributed by atoms with Crippen molar-refractivity contribution < 1.29 is 17.9 Å². The second-order valence-corrected chi connectivity index (χ2v) is 8.87. The highest BCUT2D eigenvalue weighted by atomic mass is 32.2. The average molecular weight is 405 g/mol. The van der Waals surface area contributed by atoms with Crippen LogP contribution in [-0.4, -0.2) is 33.7 Å². The summed E-state index contributed by atoms with van der Waals surface area (Å²) >= 11 is 0. The molecule has 0 aliphatic carbocycles. The number of anilines is 1. The highest BCUT2D eigenvalue weighted by molar-refractivity contribution is 7.92. The van der Waals surface area contributed by atoms with Crippen LogP contribution in [0.3, 0.4) is 0 Å². The van der Waals surface area contributed by atoms with Crippen molar-refractivity contribution in [1.29, 1.82) is 0 Å². The molecular formula is C21H28N2O4S. The fraction of sp³-hybridized carbons (Fsp3) is 0.381. The number of carbonyl (C=O) groups is 1. The van der Waals surface area contributed by atoms with Crippen LogP contribution in [0, 0.1) is 13.8 Å². The summed E-state index contributed by atoms with van der Waals surface area (Å²) in [7, 11) is -2.18. The molecule has 7 heteroatoms. The van der Waals surface area contributed by atoms with Crippen LogP contribution in [0.25, 0.3) is 0 Å². The van der Waals surface area contributed by atoms with Gasteiger partial charge in [-0.25, -0.2) is 8.42 Å². The highest BCUT2D eigenvalue weighted by Crippen LogP contribution is 2.26. The molecule has 28 heavy (non-hydrogen) atoms.